The molecule has 1 aliphatic rings. The van der Waals surface area contributed by atoms with E-state index in [1.54, 1.807) is 6.07 Å². The second-order valence-corrected chi connectivity index (χ2v) is 8.65. The van der Waals surface area contributed by atoms with Gasteiger partial charge in [0.15, 0.2) is 0 Å². The van der Waals surface area contributed by atoms with Crippen LogP contribution in [0.4, 0.5) is 0 Å². The first-order valence-electron chi connectivity index (χ1n) is 6.56. The molecule has 0 bridgehead atoms. The van der Waals surface area contributed by atoms with Crippen molar-refractivity contribution in [3.05, 3.63) is 28.2 Å². The van der Waals surface area contributed by atoms with Gasteiger partial charge in [0.2, 0.25) is 10.0 Å². The van der Waals surface area contributed by atoms with Crippen molar-refractivity contribution in [1.82, 2.24) is 4.72 Å². The number of thioether (sulfide) groups is 1. The van der Waals surface area contributed by atoms with Crippen LogP contribution in [0, 0.1) is 0 Å². The Balaban J connectivity index is 1.90. The number of halogens is 2. The molecular weight excluding hydrogens is 337 g/mol. The largest absolute Gasteiger partial charge is 0.243 e. The van der Waals surface area contributed by atoms with E-state index < -0.39 is 10.0 Å². The summed E-state index contributed by atoms with van der Waals surface area (Å²) in [6.07, 6.45) is 5.07. The number of sulfonamides is 1. The van der Waals surface area contributed by atoms with Crippen molar-refractivity contribution in [2.24, 2.45) is 0 Å². The van der Waals surface area contributed by atoms with Gasteiger partial charge in [-0.25, -0.2) is 13.1 Å². The molecule has 0 radical (unpaired) electrons. The highest BCUT2D eigenvalue weighted by atomic mass is 35.5. The van der Waals surface area contributed by atoms with Gasteiger partial charge in [0.05, 0.1) is 10.0 Å². The third-order valence-electron chi connectivity index (χ3n) is 3.24. The van der Waals surface area contributed by atoms with Crippen LogP contribution < -0.4 is 4.72 Å². The monoisotopic (exact) mass is 353 g/mol. The smallest absolute Gasteiger partial charge is 0.210 e. The van der Waals surface area contributed by atoms with Gasteiger partial charge in [-0.15, -0.1) is 0 Å². The van der Waals surface area contributed by atoms with Crippen LogP contribution in [0.3, 0.4) is 0 Å². The summed E-state index contributed by atoms with van der Waals surface area (Å²) in [5, 5.41) is 0.977. The van der Waals surface area contributed by atoms with Crippen molar-refractivity contribution >= 4 is 45.0 Å². The van der Waals surface area contributed by atoms with E-state index in [9.17, 15) is 8.42 Å². The maximum atomic E-state index is 12.2. The summed E-state index contributed by atoms with van der Waals surface area (Å²) < 4.78 is 26.9. The number of hydrogen-bond acceptors (Lipinski definition) is 3. The van der Waals surface area contributed by atoms with Crippen LogP contribution in [0.5, 0.6) is 0 Å². The van der Waals surface area contributed by atoms with Crippen molar-refractivity contribution < 1.29 is 8.42 Å². The zero-order chi connectivity index (χ0) is 14.6. The molecule has 0 aliphatic heterocycles. The van der Waals surface area contributed by atoms with Gasteiger partial charge in [-0.05, 0) is 25.0 Å². The fourth-order valence-electron chi connectivity index (χ4n) is 2.27. The van der Waals surface area contributed by atoms with Gasteiger partial charge in [0.25, 0.3) is 0 Å². The molecule has 0 amide bonds. The van der Waals surface area contributed by atoms with Gasteiger partial charge < -0.3 is 0 Å². The minimum atomic E-state index is -3.64. The zero-order valence-corrected chi connectivity index (χ0v) is 14.1. The van der Waals surface area contributed by atoms with Crippen LogP contribution in [-0.4, -0.2) is 26.0 Å². The van der Waals surface area contributed by atoms with E-state index in [0.717, 1.165) is 5.75 Å². The third-order valence-corrected chi connectivity index (χ3v) is 7.04. The first-order chi connectivity index (χ1) is 9.50. The maximum absolute atomic E-state index is 12.2. The Morgan fingerprint density at radius 2 is 1.80 bits per heavy atom. The average molecular weight is 354 g/mol. The Labute approximate surface area is 134 Å². The quantitative estimate of drug-likeness (QED) is 0.787. The lowest BCUT2D eigenvalue weighted by Crippen LogP contribution is -2.27. The van der Waals surface area contributed by atoms with Crippen LogP contribution in [0.1, 0.15) is 25.7 Å². The second-order valence-electron chi connectivity index (χ2n) is 4.73. The van der Waals surface area contributed by atoms with Gasteiger partial charge in [-0.1, -0.05) is 42.1 Å². The number of nitrogens with one attached hydrogen (secondary N) is 1. The standard InChI is InChI=1S/C13H17Cl2NO2S2/c14-11-6-3-7-12(15)13(11)20(17,18)16-8-9-19-10-4-1-2-5-10/h3,6-7,10,16H,1-2,4-5,8-9H2. The third kappa shape index (κ3) is 4.28. The first kappa shape index (κ1) is 16.4. The van der Waals surface area contributed by atoms with E-state index in [1.165, 1.54) is 37.8 Å². The molecular formula is C13H17Cl2NO2S2. The molecule has 1 saturated carbocycles. The Kier molecular flexibility index (Phi) is 6.05. The van der Waals surface area contributed by atoms with E-state index in [4.69, 9.17) is 23.2 Å². The fourth-order valence-corrected chi connectivity index (χ4v) is 5.79. The van der Waals surface area contributed by atoms with Crippen LogP contribution in [0.2, 0.25) is 10.0 Å². The lowest BCUT2D eigenvalue weighted by Gasteiger charge is -2.11. The van der Waals surface area contributed by atoms with Gasteiger partial charge in [-0.3, -0.25) is 0 Å². The molecule has 1 aromatic rings. The molecule has 0 unspecified atom stereocenters. The molecule has 0 heterocycles. The Hall–Kier alpha value is 0.0600. The lowest BCUT2D eigenvalue weighted by molar-refractivity contribution is 0.584. The molecule has 2 rings (SSSR count). The lowest BCUT2D eigenvalue weighted by atomic mass is 10.4. The molecule has 0 aromatic heterocycles. The van der Waals surface area contributed by atoms with E-state index in [1.807, 2.05) is 11.8 Å². The van der Waals surface area contributed by atoms with Gasteiger partial charge in [-0.2, -0.15) is 11.8 Å². The van der Waals surface area contributed by atoms with Gasteiger partial charge >= 0.3 is 0 Å². The molecule has 1 fully saturated rings. The first-order valence-corrected chi connectivity index (χ1v) is 9.85. The summed E-state index contributed by atoms with van der Waals surface area (Å²) in [5.74, 6) is 0.770. The summed E-state index contributed by atoms with van der Waals surface area (Å²) >= 11 is 13.7. The normalized spacial score (nSPS) is 16.7. The highest BCUT2D eigenvalue weighted by Crippen LogP contribution is 2.30. The predicted octanol–water partition coefficient (Wildman–Crippen LogP) is 3.95. The molecule has 1 N–H and O–H groups in total. The molecule has 1 aromatic carbocycles. The topological polar surface area (TPSA) is 46.2 Å². The molecule has 0 atom stereocenters. The van der Waals surface area contributed by atoms with E-state index >= 15 is 0 Å². The van der Waals surface area contributed by atoms with Crippen molar-refractivity contribution in [3.8, 4) is 0 Å². The SMILES string of the molecule is O=S(=O)(NCCSC1CCCC1)c1c(Cl)cccc1Cl. The average Bonchev–Trinajstić information content (AvgIpc) is 2.87. The Morgan fingerprint density at radius 1 is 1.20 bits per heavy atom. The van der Waals surface area contributed by atoms with Crippen LogP contribution in [0.15, 0.2) is 23.1 Å². The summed E-state index contributed by atoms with van der Waals surface area (Å²) in [7, 11) is -3.64. The van der Waals surface area contributed by atoms with Crippen molar-refractivity contribution in [2.45, 2.75) is 35.8 Å². The predicted molar refractivity (Wildman–Crippen MR) is 86.4 cm³/mol. The van der Waals surface area contributed by atoms with Crippen LogP contribution in [0.25, 0.3) is 0 Å². The second kappa shape index (κ2) is 7.36. The minimum Gasteiger partial charge on any atom is -0.210 e. The van der Waals surface area contributed by atoms with Crippen LogP contribution >= 0.6 is 35.0 Å². The highest BCUT2D eigenvalue weighted by Gasteiger charge is 2.21. The van der Waals surface area contributed by atoms with E-state index in [0.29, 0.717) is 11.8 Å². The van der Waals surface area contributed by atoms with E-state index in [-0.39, 0.29) is 14.9 Å². The summed E-state index contributed by atoms with van der Waals surface area (Å²) in [6, 6.07) is 4.67. The molecule has 20 heavy (non-hydrogen) atoms. The van der Waals surface area contributed by atoms with Crippen LogP contribution in [-0.2, 0) is 10.0 Å². The molecule has 3 nitrogen and oxygen atoms in total. The van der Waals surface area contributed by atoms with E-state index in [2.05, 4.69) is 4.72 Å². The van der Waals surface area contributed by atoms with Crippen molar-refractivity contribution in [3.63, 3.8) is 0 Å². The van der Waals surface area contributed by atoms with Crippen molar-refractivity contribution in [1.29, 1.82) is 0 Å². The molecule has 1 aliphatic carbocycles. The highest BCUT2D eigenvalue weighted by molar-refractivity contribution is 8.00. The molecule has 0 saturated heterocycles. The maximum Gasteiger partial charge on any atom is 0.243 e. The van der Waals surface area contributed by atoms with Gasteiger partial charge in [0.1, 0.15) is 4.90 Å². The zero-order valence-electron chi connectivity index (χ0n) is 10.9. The van der Waals surface area contributed by atoms with Crippen molar-refractivity contribution in [2.75, 3.05) is 12.3 Å². The molecule has 7 heteroatoms. The molecule has 0 spiro atoms. The number of hydrogen-bond donors (Lipinski definition) is 1. The minimum absolute atomic E-state index is 0.0331. The Morgan fingerprint density at radius 3 is 2.40 bits per heavy atom. The molecule has 112 valence electrons. The summed E-state index contributed by atoms with van der Waals surface area (Å²) in [4.78, 5) is -0.0331. The van der Waals surface area contributed by atoms with Gasteiger partial charge in [0, 0.05) is 17.5 Å². The number of benzene rings is 1. The summed E-state index contributed by atoms with van der Waals surface area (Å²) in [6.45, 7) is 0.394. The summed E-state index contributed by atoms with van der Waals surface area (Å²) in [5.41, 5.74) is 0. The Bertz CT molecular complexity index is 537. The number of rotatable bonds is 6. The fraction of sp³-hybridized carbons (Fsp3) is 0.538.